The Labute approximate surface area is 110 Å². The summed E-state index contributed by atoms with van der Waals surface area (Å²) in [6.07, 6.45) is 4.98. The molecule has 1 atom stereocenters. The van der Waals surface area contributed by atoms with Gasteiger partial charge in [0.2, 0.25) is 5.91 Å². The van der Waals surface area contributed by atoms with E-state index in [9.17, 15) is 4.79 Å². The first-order valence-electron chi connectivity index (χ1n) is 7.28. The number of ether oxygens (including phenoxy) is 1. The third-order valence-corrected chi connectivity index (χ3v) is 4.22. The number of piperidine rings is 1. The number of hydrogen-bond acceptors (Lipinski definition) is 3. The van der Waals surface area contributed by atoms with Gasteiger partial charge in [0.15, 0.2) is 0 Å². The summed E-state index contributed by atoms with van der Waals surface area (Å²) < 4.78 is 5.41. The average Bonchev–Trinajstić information content (AvgIpc) is 2.88. The molecular weight excluding hydrogens is 228 g/mol. The molecule has 2 aliphatic rings. The van der Waals surface area contributed by atoms with Gasteiger partial charge < -0.3 is 15.0 Å². The zero-order valence-corrected chi connectivity index (χ0v) is 11.5. The Morgan fingerprint density at radius 1 is 1.28 bits per heavy atom. The Bertz CT molecular complexity index is 257. The molecule has 104 valence electrons. The molecular formula is C14H26N2O2. The molecule has 2 aliphatic heterocycles. The molecule has 0 bridgehead atoms. The number of rotatable bonds is 5. The number of carbonyl (C=O) groups is 1. The molecule has 1 amide bonds. The first kappa shape index (κ1) is 13.8. The fourth-order valence-corrected chi connectivity index (χ4v) is 2.88. The van der Waals surface area contributed by atoms with Crippen LogP contribution in [-0.4, -0.2) is 50.2 Å². The molecule has 2 rings (SSSR count). The van der Waals surface area contributed by atoms with Gasteiger partial charge in [0, 0.05) is 26.7 Å². The summed E-state index contributed by atoms with van der Waals surface area (Å²) in [5.41, 5.74) is 0. The van der Waals surface area contributed by atoms with Crippen LogP contribution in [0.3, 0.4) is 0 Å². The molecule has 1 N–H and O–H groups in total. The highest BCUT2D eigenvalue weighted by Crippen LogP contribution is 2.20. The summed E-state index contributed by atoms with van der Waals surface area (Å²) in [7, 11) is 0. The Kier molecular flexibility index (Phi) is 5.45. The van der Waals surface area contributed by atoms with E-state index in [-0.39, 0.29) is 5.91 Å². The lowest BCUT2D eigenvalue weighted by molar-refractivity contribution is -0.119. The van der Waals surface area contributed by atoms with Gasteiger partial charge in [0.25, 0.3) is 0 Å². The highest BCUT2D eigenvalue weighted by atomic mass is 16.5. The first-order valence-corrected chi connectivity index (χ1v) is 7.28. The minimum Gasteiger partial charge on any atom is -0.381 e. The van der Waals surface area contributed by atoms with Gasteiger partial charge in [-0.25, -0.2) is 0 Å². The van der Waals surface area contributed by atoms with Crippen molar-refractivity contribution in [2.45, 2.75) is 32.6 Å². The molecule has 0 aromatic heterocycles. The summed E-state index contributed by atoms with van der Waals surface area (Å²) in [6.45, 7) is 8.00. The van der Waals surface area contributed by atoms with Crippen LogP contribution in [-0.2, 0) is 9.53 Å². The third kappa shape index (κ3) is 4.58. The lowest BCUT2D eigenvalue weighted by atomic mass is 9.96. The number of nitrogens with one attached hydrogen (secondary N) is 1. The van der Waals surface area contributed by atoms with Gasteiger partial charge in [0.1, 0.15) is 0 Å². The van der Waals surface area contributed by atoms with Crippen molar-refractivity contribution in [1.82, 2.24) is 10.2 Å². The van der Waals surface area contributed by atoms with Crippen molar-refractivity contribution in [3.63, 3.8) is 0 Å². The van der Waals surface area contributed by atoms with Crippen LogP contribution in [0, 0.1) is 11.8 Å². The molecule has 0 aromatic rings. The molecule has 2 fully saturated rings. The van der Waals surface area contributed by atoms with E-state index in [1.807, 2.05) is 0 Å². The van der Waals surface area contributed by atoms with Crippen LogP contribution >= 0.6 is 0 Å². The van der Waals surface area contributed by atoms with Crippen LogP contribution in [0.5, 0.6) is 0 Å². The van der Waals surface area contributed by atoms with Crippen molar-refractivity contribution in [3.8, 4) is 0 Å². The van der Waals surface area contributed by atoms with Crippen molar-refractivity contribution in [2.24, 2.45) is 11.8 Å². The minimum atomic E-state index is 0.0960. The topological polar surface area (TPSA) is 41.6 Å². The first-order chi connectivity index (χ1) is 8.74. The van der Waals surface area contributed by atoms with E-state index in [0.717, 1.165) is 25.7 Å². The van der Waals surface area contributed by atoms with E-state index < -0.39 is 0 Å². The molecule has 0 aliphatic carbocycles. The normalized spacial score (nSPS) is 26.4. The number of nitrogens with zero attached hydrogens (tertiary/aromatic N) is 1. The largest absolute Gasteiger partial charge is 0.381 e. The molecule has 2 saturated heterocycles. The maximum Gasteiger partial charge on any atom is 0.216 e. The number of carbonyl (C=O) groups excluding carboxylic acids is 1. The van der Waals surface area contributed by atoms with Crippen LogP contribution in [0.15, 0.2) is 0 Å². The standard InChI is InChI=1S/C14H26N2O2/c1-12(17)15-10-13-2-6-16(7-3-13)8-4-14-5-9-18-11-14/h13-14H,2-11H2,1H3,(H,15,17)/t14-/m0/s1. The van der Waals surface area contributed by atoms with E-state index in [1.54, 1.807) is 6.92 Å². The Balaban J connectivity index is 1.56. The molecule has 2 heterocycles. The van der Waals surface area contributed by atoms with Crippen LogP contribution in [0.25, 0.3) is 0 Å². The molecule has 0 unspecified atom stereocenters. The third-order valence-electron chi connectivity index (χ3n) is 4.22. The molecule has 4 nitrogen and oxygen atoms in total. The van der Waals surface area contributed by atoms with Crippen molar-refractivity contribution < 1.29 is 9.53 Å². The van der Waals surface area contributed by atoms with Gasteiger partial charge in [-0.15, -0.1) is 0 Å². The second-order valence-electron chi connectivity index (χ2n) is 5.74. The lowest BCUT2D eigenvalue weighted by Gasteiger charge is -2.32. The lowest BCUT2D eigenvalue weighted by Crippen LogP contribution is -2.39. The van der Waals surface area contributed by atoms with E-state index in [1.165, 1.54) is 45.3 Å². The van der Waals surface area contributed by atoms with E-state index >= 15 is 0 Å². The quantitative estimate of drug-likeness (QED) is 0.803. The molecule has 0 spiro atoms. The predicted molar refractivity (Wildman–Crippen MR) is 71.4 cm³/mol. The summed E-state index contributed by atoms with van der Waals surface area (Å²) in [5.74, 6) is 1.57. The smallest absolute Gasteiger partial charge is 0.216 e. The Morgan fingerprint density at radius 2 is 2.06 bits per heavy atom. The Hall–Kier alpha value is -0.610. The zero-order chi connectivity index (χ0) is 12.8. The van der Waals surface area contributed by atoms with E-state index in [0.29, 0.717) is 5.92 Å². The molecule has 0 radical (unpaired) electrons. The van der Waals surface area contributed by atoms with Crippen LogP contribution in [0.2, 0.25) is 0 Å². The fourth-order valence-electron chi connectivity index (χ4n) is 2.88. The predicted octanol–water partition coefficient (Wildman–Crippen LogP) is 1.26. The minimum absolute atomic E-state index is 0.0960. The molecule has 0 saturated carbocycles. The number of hydrogen-bond donors (Lipinski definition) is 1. The van der Waals surface area contributed by atoms with Gasteiger partial charge in [-0.3, -0.25) is 4.79 Å². The number of likely N-dealkylation sites (tertiary alicyclic amines) is 1. The number of amides is 1. The van der Waals surface area contributed by atoms with E-state index in [2.05, 4.69) is 10.2 Å². The van der Waals surface area contributed by atoms with Crippen LogP contribution in [0.1, 0.15) is 32.6 Å². The fraction of sp³-hybridized carbons (Fsp3) is 0.929. The van der Waals surface area contributed by atoms with Crippen LogP contribution in [0.4, 0.5) is 0 Å². The molecule has 4 heteroatoms. The van der Waals surface area contributed by atoms with Gasteiger partial charge in [0.05, 0.1) is 0 Å². The molecule has 0 aromatic carbocycles. The van der Waals surface area contributed by atoms with Crippen molar-refractivity contribution >= 4 is 5.91 Å². The average molecular weight is 254 g/mol. The summed E-state index contributed by atoms with van der Waals surface area (Å²) in [5, 5.41) is 2.93. The second kappa shape index (κ2) is 7.10. The maximum absolute atomic E-state index is 10.9. The molecule has 18 heavy (non-hydrogen) atoms. The van der Waals surface area contributed by atoms with Gasteiger partial charge in [-0.05, 0) is 57.2 Å². The highest BCUT2D eigenvalue weighted by Gasteiger charge is 2.21. The zero-order valence-electron chi connectivity index (χ0n) is 11.5. The van der Waals surface area contributed by atoms with Crippen molar-refractivity contribution in [2.75, 3.05) is 39.4 Å². The Morgan fingerprint density at radius 3 is 2.67 bits per heavy atom. The summed E-state index contributed by atoms with van der Waals surface area (Å²) >= 11 is 0. The van der Waals surface area contributed by atoms with E-state index in [4.69, 9.17) is 4.74 Å². The highest BCUT2D eigenvalue weighted by molar-refractivity contribution is 5.72. The van der Waals surface area contributed by atoms with Gasteiger partial charge in [-0.2, -0.15) is 0 Å². The monoisotopic (exact) mass is 254 g/mol. The second-order valence-corrected chi connectivity index (χ2v) is 5.74. The summed E-state index contributed by atoms with van der Waals surface area (Å²) in [4.78, 5) is 13.4. The van der Waals surface area contributed by atoms with Crippen LogP contribution < -0.4 is 5.32 Å². The van der Waals surface area contributed by atoms with Crippen molar-refractivity contribution in [3.05, 3.63) is 0 Å². The summed E-state index contributed by atoms with van der Waals surface area (Å²) in [6, 6.07) is 0. The van der Waals surface area contributed by atoms with Gasteiger partial charge >= 0.3 is 0 Å². The van der Waals surface area contributed by atoms with Gasteiger partial charge in [-0.1, -0.05) is 0 Å². The van der Waals surface area contributed by atoms with Crippen molar-refractivity contribution in [1.29, 1.82) is 0 Å². The maximum atomic E-state index is 10.9. The SMILES string of the molecule is CC(=O)NCC1CCN(CC[C@H]2CCOC2)CC1.